The summed E-state index contributed by atoms with van der Waals surface area (Å²) in [7, 11) is 0. The van der Waals surface area contributed by atoms with Crippen molar-refractivity contribution >= 4 is 46.4 Å². The first-order valence-corrected chi connectivity index (χ1v) is 12.7. The molecule has 0 spiro atoms. The van der Waals surface area contributed by atoms with Crippen LogP contribution in [0.5, 0.6) is 0 Å². The molecular formula is C26H26Cl2N2O2S. The van der Waals surface area contributed by atoms with Crippen LogP contribution < -0.4 is 0 Å². The molecule has 2 aromatic carbocycles. The van der Waals surface area contributed by atoms with Gasteiger partial charge in [-0.25, -0.2) is 0 Å². The highest BCUT2D eigenvalue weighted by Crippen LogP contribution is 2.38. The van der Waals surface area contributed by atoms with Crippen LogP contribution in [0, 0.1) is 0 Å². The normalized spacial score (nSPS) is 16.2. The van der Waals surface area contributed by atoms with E-state index in [0.717, 1.165) is 24.0 Å². The highest BCUT2D eigenvalue weighted by molar-refractivity contribution is 7.10. The van der Waals surface area contributed by atoms with E-state index in [4.69, 9.17) is 23.2 Å². The van der Waals surface area contributed by atoms with Crippen molar-refractivity contribution in [2.75, 3.05) is 13.1 Å². The summed E-state index contributed by atoms with van der Waals surface area (Å²) < 4.78 is 0. The van der Waals surface area contributed by atoms with Crippen LogP contribution in [-0.2, 0) is 11.2 Å². The van der Waals surface area contributed by atoms with E-state index in [-0.39, 0.29) is 30.4 Å². The lowest BCUT2D eigenvalue weighted by atomic mass is 9.93. The van der Waals surface area contributed by atoms with Crippen molar-refractivity contribution in [3.8, 4) is 0 Å². The van der Waals surface area contributed by atoms with Crippen LogP contribution in [0.2, 0.25) is 10.0 Å². The zero-order valence-electron chi connectivity index (χ0n) is 18.6. The number of hydrogen-bond acceptors (Lipinski definition) is 3. The van der Waals surface area contributed by atoms with Crippen LogP contribution >= 0.6 is 34.5 Å². The van der Waals surface area contributed by atoms with Gasteiger partial charge in [0.25, 0.3) is 5.91 Å². The molecule has 2 amide bonds. The van der Waals surface area contributed by atoms with Gasteiger partial charge in [-0.3, -0.25) is 9.59 Å². The van der Waals surface area contributed by atoms with Gasteiger partial charge in [0.2, 0.25) is 5.91 Å². The summed E-state index contributed by atoms with van der Waals surface area (Å²) in [6.07, 6.45) is 1.56. The molecule has 0 bridgehead atoms. The van der Waals surface area contributed by atoms with E-state index < -0.39 is 0 Å². The Balaban J connectivity index is 1.64. The second kappa shape index (κ2) is 10.3. The first kappa shape index (κ1) is 23.8. The number of amides is 2. The van der Waals surface area contributed by atoms with E-state index >= 15 is 0 Å². The van der Waals surface area contributed by atoms with E-state index in [1.165, 1.54) is 4.88 Å². The van der Waals surface area contributed by atoms with Crippen molar-refractivity contribution in [1.29, 1.82) is 0 Å². The maximum atomic E-state index is 13.7. The average Bonchev–Trinajstić information content (AvgIpc) is 3.30. The molecule has 0 fully saturated rings. The SMILES string of the molecule is CCC(C)N(CC(=O)N1CCc2sccc2C1c1ccc(Cl)cc1)C(=O)c1cccc(Cl)c1. The smallest absolute Gasteiger partial charge is 0.254 e. The van der Waals surface area contributed by atoms with E-state index in [9.17, 15) is 9.59 Å². The van der Waals surface area contributed by atoms with Gasteiger partial charge in [-0.05, 0) is 72.7 Å². The number of halogens is 2. The fraction of sp³-hybridized carbons (Fsp3) is 0.308. The Morgan fingerprint density at radius 2 is 1.88 bits per heavy atom. The molecule has 4 rings (SSSR count). The zero-order chi connectivity index (χ0) is 23.5. The second-order valence-corrected chi connectivity index (χ2v) is 10.2. The molecule has 2 unspecified atom stereocenters. The van der Waals surface area contributed by atoms with Gasteiger partial charge in [0.1, 0.15) is 6.54 Å². The molecular weight excluding hydrogens is 475 g/mol. The van der Waals surface area contributed by atoms with Crippen molar-refractivity contribution in [1.82, 2.24) is 9.80 Å². The maximum absolute atomic E-state index is 13.7. The molecule has 2 atom stereocenters. The predicted octanol–water partition coefficient (Wildman–Crippen LogP) is 6.47. The van der Waals surface area contributed by atoms with Gasteiger partial charge in [0.05, 0.1) is 6.04 Å². The van der Waals surface area contributed by atoms with Gasteiger partial charge in [-0.15, -0.1) is 11.3 Å². The third-order valence-corrected chi connectivity index (χ3v) is 7.72. The Bertz CT molecular complexity index is 1150. The fourth-order valence-corrected chi connectivity index (χ4v) is 5.48. The summed E-state index contributed by atoms with van der Waals surface area (Å²) in [5.41, 5.74) is 2.66. The molecule has 1 aliphatic rings. The van der Waals surface area contributed by atoms with Gasteiger partial charge in [-0.2, -0.15) is 0 Å². The molecule has 3 aromatic rings. The Morgan fingerprint density at radius 1 is 1.12 bits per heavy atom. The molecule has 1 aromatic heterocycles. The van der Waals surface area contributed by atoms with Crippen molar-refractivity contribution in [2.24, 2.45) is 0 Å². The Kier molecular flexibility index (Phi) is 7.42. The van der Waals surface area contributed by atoms with Crippen LogP contribution in [0.1, 0.15) is 52.7 Å². The van der Waals surface area contributed by atoms with Gasteiger partial charge < -0.3 is 9.80 Å². The predicted molar refractivity (Wildman–Crippen MR) is 135 cm³/mol. The fourth-order valence-electron chi connectivity index (χ4n) is 4.26. The monoisotopic (exact) mass is 500 g/mol. The summed E-state index contributed by atoms with van der Waals surface area (Å²) in [4.78, 5) is 31.9. The summed E-state index contributed by atoms with van der Waals surface area (Å²) in [6.45, 7) is 4.62. The van der Waals surface area contributed by atoms with E-state index in [2.05, 4.69) is 11.4 Å². The molecule has 0 saturated heterocycles. The molecule has 7 heteroatoms. The first-order chi connectivity index (χ1) is 15.9. The van der Waals surface area contributed by atoms with Crippen molar-refractivity contribution in [2.45, 2.75) is 38.8 Å². The molecule has 0 saturated carbocycles. The van der Waals surface area contributed by atoms with Crippen molar-refractivity contribution in [3.63, 3.8) is 0 Å². The number of hydrogen-bond donors (Lipinski definition) is 0. The lowest BCUT2D eigenvalue weighted by Gasteiger charge is -2.38. The average molecular weight is 501 g/mol. The molecule has 0 radical (unpaired) electrons. The second-order valence-electron chi connectivity index (χ2n) is 8.29. The highest BCUT2D eigenvalue weighted by Gasteiger charge is 2.34. The molecule has 0 aliphatic carbocycles. The lowest BCUT2D eigenvalue weighted by molar-refractivity contribution is -0.134. The molecule has 2 heterocycles. The number of benzene rings is 2. The number of carbonyl (C=O) groups excluding carboxylic acids is 2. The zero-order valence-corrected chi connectivity index (χ0v) is 21.0. The van der Waals surface area contributed by atoms with Crippen molar-refractivity contribution in [3.05, 3.63) is 91.6 Å². The van der Waals surface area contributed by atoms with Gasteiger partial charge in [0.15, 0.2) is 0 Å². The van der Waals surface area contributed by atoms with Gasteiger partial charge in [-0.1, -0.05) is 48.3 Å². The third kappa shape index (κ3) is 5.11. The van der Waals surface area contributed by atoms with Gasteiger partial charge >= 0.3 is 0 Å². The van der Waals surface area contributed by atoms with E-state index in [0.29, 0.717) is 22.2 Å². The minimum Gasteiger partial charge on any atom is -0.330 e. The summed E-state index contributed by atoms with van der Waals surface area (Å²) in [6, 6.07) is 16.4. The first-order valence-electron chi connectivity index (χ1n) is 11.1. The summed E-state index contributed by atoms with van der Waals surface area (Å²) >= 11 is 14.0. The van der Waals surface area contributed by atoms with Crippen LogP contribution in [0.4, 0.5) is 0 Å². The van der Waals surface area contributed by atoms with Crippen LogP contribution in [0.15, 0.2) is 60.0 Å². The number of thiophene rings is 1. The highest BCUT2D eigenvalue weighted by atomic mass is 35.5. The topological polar surface area (TPSA) is 40.6 Å². The Morgan fingerprint density at radius 3 is 2.58 bits per heavy atom. The van der Waals surface area contributed by atoms with Crippen molar-refractivity contribution < 1.29 is 9.59 Å². The minimum atomic E-state index is -0.190. The molecule has 172 valence electrons. The van der Waals surface area contributed by atoms with E-state index in [1.54, 1.807) is 40.5 Å². The number of nitrogens with zero attached hydrogens (tertiary/aromatic N) is 2. The maximum Gasteiger partial charge on any atom is 0.254 e. The minimum absolute atomic E-state index is 0.0178. The molecule has 4 nitrogen and oxygen atoms in total. The van der Waals surface area contributed by atoms with Crippen LogP contribution in [-0.4, -0.2) is 40.7 Å². The summed E-state index contributed by atoms with van der Waals surface area (Å²) in [5.74, 6) is -0.251. The standard InChI is InChI=1S/C26H26Cl2N2O2S/c1-3-17(2)30(26(32)19-5-4-6-21(28)15-19)16-24(31)29-13-11-23-22(12-14-33-23)25(29)18-7-9-20(27)10-8-18/h4-10,12,14-15,17,25H,3,11,13,16H2,1-2H3. The number of rotatable bonds is 6. The Hall–Kier alpha value is -2.34. The molecule has 1 aliphatic heterocycles. The third-order valence-electron chi connectivity index (χ3n) is 6.23. The van der Waals surface area contributed by atoms with E-state index in [1.807, 2.05) is 43.0 Å². The van der Waals surface area contributed by atoms with Gasteiger partial charge in [0, 0.05) is 33.1 Å². The molecule has 33 heavy (non-hydrogen) atoms. The quantitative estimate of drug-likeness (QED) is 0.389. The lowest BCUT2D eigenvalue weighted by Crippen LogP contribution is -2.49. The Labute approximate surface area is 208 Å². The summed E-state index contributed by atoms with van der Waals surface area (Å²) in [5, 5.41) is 3.24. The van der Waals surface area contributed by atoms with Crippen LogP contribution in [0.25, 0.3) is 0 Å². The number of fused-ring (bicyclic) bond motifs is 1. The van der Waals surface area contributed by atoms with Crippen LogP contribution in [0.3, 0.4) is 0 Å². The largest absolute Gasteiger partial charge is 0.330 e. The number of carbonyl (C=O) groups is 2. The molecule has 0 N–H and O–H groups in total.